The van der Waals surface area contributed by atoms with Crippen LogP contribution in [-0.4, -0.2) is 28.4 Å². The largest absolute Gasteiger partial charge is 0.481 e. The molecule has 0 bridgehead atoms. The SMILES string of the molecule is O=C(O)[C@H]1CCC(=O)N(CC2CCCCC2)[C@H]1c1ccccc1. The zero-order chi connectivity index (χ0) is 16.2. The fourth-order valence-electron chi connectivity index (χ4n) is 4.14. The summed E-state index contributed by atoms with van der Waals surface area (Å²) in [6.07, 6.45) is 6.84. The van der Waals surface area contributed by atoms with E-state index in [2.05, 4.69) is 0 Å². The van der Waals surface area contributed by atoms with Gasteiger partial charge in [0.1, 0.15) is 0 Å². The highest BCUT2D eigenvalue weighted by molar-refractivity contribution is 5.81. The van der Waals surface area contributed by atoms with Crippen LogP contribution in [-0.2, 0) is 9.59 Å². The fourth-order valence-corrected chi connectivity index (χ4v) is 4.14. The Morgan fingerprint density at radius 2 is 1.78 bits per heavy atom. The number of amides is 1. The molecule has 1 amide bonds. The zero-order valence-corrected chi connectivity index (χ0v) is 13.5. The first-order chi connectivity index (χ1) is 11.2. The van der Waals surface area contributed by atoms with Gasteiger partial charge in [-0.25, -0.2) is 0 Å². The van der Waals surface area contributed by atoms with Gasteiger partial charge in [0, 0.05) is 13.0 Å². The van der Waals surface area contributed by atoms with Crippen LogP contribution in [0.1, 0.15) is 56.6 Å². The van der Waals surface area contributed by atoms with E-state index in [1.54, 1.807) is 0 Å². The molecule has 1 saturated heterocycles. The van der Waals surface area contributed by atoms with Crippen molar-refractivity contribution < 1.29 is 14.7 Å². The third-order valence-electron chi connectivity index (χ3n) is 5.34. The summed E-state index contributed by atoms with van der Waals surface area (Å²) in [5.41, 5.74) is 0.948. The van der Waals surface area contributed by atoms with Gasteiger partial charge in [-0.15, -0.1) is 0 Å². The third kappa shape index (κ3) is 3.57. The molecular weight excluding hydrogens is 290 g/mol. The van der Waals surface area contributed by atoms with Crippen molar-refractivity contribution >= 4 is 11.9 Å². The Morgan fingerprint density at radius 3 is 2.43 bits per heavy atom. The molecule has 3 rings (SSSR count). The van der Waals surface area contributed by atoms with Crippen LogP contribution in [0.25, 0.3) is 0 Å². The van der Waals surface area contributed by atoms with E-state index in [0.717, 1.165) is 18.4 Å². The maximum absolute atomic E-state index is 12.6. The maximum atomic E-state index is 12.6. The first-order valence-electron chi connectivity index (χ1n) is 8.74. The topological polar surface area (TPSA) is 57.6 Å². The second kappa shape index (κ2) is 7.16. The average molecular weight is 315 g/mol. The molecule has 124 valence electrons. The van der Waals surface area contributed by atoms with Crippen LogP contribution in [0.4, 0.5) is 0 Å². The van der Waals surface area contributed by atoms with Crippen molar-refractivity contribution in [3.05, 3.63) is 35.9 Å². The highest BCUT2D eigenvalue weighted by atomic mass is 16.4. The smallest absolute Gasteiger partial charge is 0.308 e. The lowest BCUT2D eigenvalue weighted by atomic mass is 9.82. The Morgan fingerprint density at radius 1 is 1.09 bits per heavy atom. The van der Waals surface area contributed by atoms with Crippen molar-refractivity contribution in [2.24, 2.45) is 11.8 Å². The highest BCUT2D eigenvalue weighted by Crippen LogP contribution is 2.38. The summed E-state index contributed by atoms with van der Waals surface area (Å²) in [5, 5.41) is 9.64. The predicted octanol–water partition coefficient (Wildman–Crippen LogP) is 3.63. The zero-order valence-electron chi connectivity index (χ0n) is 13.5. The molecule has 2 atom stereocenters. The summed E-state index contributed by atoms with van der Waals surface area (Å²) in [5.74, 6) is -0.660. The molecule has 4 heteroatoms. The van der Waals surface area contributed by atoms with E-state index in [1.165, 1.54) is 19.3 Å². The van der Waals surface area contributed by atoms with Gasteiger partial charge in [0.2, 0.25) is 5.91 Å². The van der Waals surface area contributed by atoms with E-state index in [0.29, 0.717) is 25.3 Å². The van der Waals surface area contributed by atoms with Gasteiger partial charge in [-0.05, 0) is 30.7 Å². The van der Waals surface area contributed by atoms with Crippen molar-refractivity contribution in [3.8, 4) is 0 Å². The molecule has 0 spiro atoms. The number of likely N-dealkylation sites (tertiary alicyclic amines) is 1. The van der Waals surface area contributed by atoms with Crippen molar-refractivity contribution in [2.45, 2.75) is 51.0 Å². The maximum Gasteiger partial charge on any atom is 0.308 e. The highest BCUT2D eigenvalue weighted by Gasteiger charge is 2.41. The molecule has 1 heterocycles. The molecule has 0 unspecified atom stereocenters. The Kier molecular flexibility index (Phi) is 4.99. The van der Waals surface area contributed by atoms with Gasteiger partial charge in [0.05, 0.1) is 12.0 Å². The van der Waals surface area contributed by atoms with Crippen LogP contribution >= 0.6 is 0 Å². The lowest BCUT2D eigenvalue weighted by Gasteiger charge is -2.42. The van der Waals surface area contributed by atoms with Crippen LogP contribution < -0.4 is 0 Å². The Labute approximate surface area is 137 Å². The minimum absolute atomic E-state index is 0.113. The first kappa shape index (κ1) is 16.0. The number of nitrogens with zero attached hydrogens (tertiary/aromatic N) is 1. The summed E-state index contributed by atoms with van der Waals surface area (Å²) >= 11 is 0. The van der Waals surface area contributed by atoms with E-state index in [-0.39, 0.29) is 11.9 Å². The normalized spacial score (nSPS) is 26.3. The molecule has 23 heavy (non-hydrogen) atoms. The molecule has 1 N–H and O–H groups in total. The van der Waals surface area contributed by atoms with Gasteiger partial charge < -0.3 is 10.0 Å². The van der Waals surface area contributed by atoms with Gasteiger partial charge in [-0.2, -0.15) is 0 Å². The molecule has 1 aromatic rings. The van der Waals surface area contributed by atoms with Gasteiger partial charge >= 0.3 is 5.97 Å². The number of hydrogen-bond donors (Lipinski definition) is 1. The molecule has 2 aliphatic rings. The van der Waals surface area contributed by atoms with Crippen molar-refractivity contribution in [1.82, 2.24) is 4.90 Å². The molecule has 1 aromatic carbocycles. The third-order valence-corrected chi connectivity index (χ3v) is 5.34. The fraction of sp³-hybridized carbons (Fsp3) is 0.579. The van der Waals surface area contributed by atoms with Crippen LogP contribution in [0.2, 0.25) is 0 Å². The standard InChI is InChI=1S/C19H25NO3/c21-17-12-11-16(19(22)23)18(15-9-5-2-6-10-15)20(17)13-14-7-3-1-4-8-14/h2,5-6,9-10,14,16,18H,1,3-4,7-8,11-13H2,(H,22,23)/t16-,18-/m0/s1. The number of carboxylic acids is 1. The molecule has 2 fully saturated rings. The summed E-state index contributed by atoms with van der Waals surface area (Å²) in [6, 6.07) is 9.35. The second-order valence-electron chi connectivity index (χ2n) is 6.89. The van der Waals surface area contributed by atoms with Gasteiger partial charge in [0.15, 0.2) is 0 Å². The number of hydrogen-bond acceptors (Lipinski definition) is 2. The lowest BCUT2D eigenvalue weighted by Crippen LogP contribution is -2.47. The predicted molar refractivity (Wildman–Crippen MR) is 87.8 cm³/mol. The van der Waals surface area contributed by atoms with Crippen LogP contribution in [0.3, 0.4) is 0 Å². The lowest BCUT2D eigenvalue weighted by molar-refractivity contribution is -0.152. The molecule has 1 saturated carbocycles. The Hall–Kier alpha value is -1.84. The van der Waals surface area contributed by atoms with Gasteiger partial charge in [-0.1, -0.05) is 49.6 Å². The molecule has 1 aliphatic heterocycles. The molecule has 0 aromatic heterocycles. The van der Waals surface area contributed by atoms with E-state index in [1.807, 2.05) is 35.2 Å². The van der Waals surface area contributed by atoms with Gasteiger partial charge in [0.25, 0.3) is 0 Å². The molecule has 1 aliphatic carbocycles. The van der Waals surface area contributed by atoms with Crippen molar-refractivity contribution in [2.75, 3.05) is 6.54 Å². The first-order valence-corrected chi connectivity index (χ1v) is 8.74. The molecular formula is C19H25NO3. The number of benzene rings is 1. The molecule has 0 radical (unpaired) electrons. The number of carbonyl (C=O) groups is 2. The summed E-state index contributed by atoms with van der Waals surface area (Å²) in [4.78, 5) is 26.2. The Balaban J connectivity index is 1.87. The number of piperidine rings is 1. The van der Waals surface area contributed by atoms with E-state index >= 15 is 0 Å². The van der Waals surface area contributed by atoms with Crippen LogP contribution in [0.5, 0.6) is 0 Å². The number of carboxylic acid groups (broad SMARTS) is 1. The average Bonchev–Trinajstić information content (AvgIpc) is 2.58. The minimum Gasteiger partial charge on any atom is -0.481 e. The van der Waals surface area contributed by atoms with Gasteiger partial charge in [-0.3, -0.25) is 9.59 Å². The van der Waals surface area contributed by atoms with E-state index in [4.69, 9.17) is 0 Å². The minimum atomic E-state index is -0.792. The second-order valence-corrected chi connectivity index (χ2v) is 6.89. The number of aliphatic carboxylic acids is 1. The molecule has 4 nitrogen and oxygen atoms in total. The van der Waals surface area contributed by atoms with Crippen molar-refractivity contribution in [1.29, 1.82) is 0 Å². The monoisotopic (exact) mass is 315 g/mol. The van der Waals surface area contributed by atoms with Crippen LogP contribution in [0.15, 0.2) is 30.3 Å². The van der Waals surface area contributed by atoms with E-state index < -0.39 is 11.9 Å². The summed E-state index contributed by atoms with van der Waals surface area (Å²) in [6.45, 7) is 0.710. The van der Waals surface area contributed by atoms with E-state index in [9.17, 15) is 14.7 Å². The quantitative estimate of drug-likeness (QED) is 0.923. The summed E-state index contributed by atoms with van der Waals surface area (Å²) < 4.78 is 0. The number of rotatable bonds is 4. The van der Waals surface area contributed by atoms with Crippen molar-refractivity contribution in [3.63, 3.8) is 0 Å². The summed E-state index contributed by atoms with van der Waals surface area (Å²) in [7, 11) is 0. The van der Waals surface area contributed by atoms with Crippen LogP contribution in [0, 0.1) is 11.8 Å². The number of carbonyl (C=O) groups excluding carboxylic acids is 1. The Bertz CT molecular complexity index is 551.